The van der Waals surface area contributed by atoms with Crippen LogP contribution in [0.1, 0.15) is 26.3 Å². The van der Waals surface area contributed by atoms with E-state index in [0.29, 0.717) is 22.2 Å². The Balaban J connectivity index is 1.63. The van der Waals surface area contributed by atoms with Crippen molar-refractivity contribution in [3.05, 3.63) is 42.4 Å². The normalized spacial score (nSPS) is 15.5. The Morgan fingerprint density at radius 1 is 1.13 bits per heavy atom. The Labute approximate surface area is 179 Å². The number of halogens is 2. The molecule has 0 bridgehead atoms. The number of hydrogen-bond donors (Lipinski definition) is 0. The molecular formula is C22H24F2N6O. The van der Waals surface area contributed by atoms with Gasteiger partial charge in [-0.25, -0.2) is 9.50 Å². The molecular weight excluding hydrogens is 402 g/mol. The van der Waals surface area contributed by atoms with Crippen molar-refractivity contribution in [1.29, 1.82) is 5.26 Å². The fraction of sp³-hybridized carbons (Fsp3) is 0.409. The van der Waals surface area contributed by atoms with Gasteiger partial charge in [-0.05, 0) is 39.0 Å². The number of nitrogens with zero attached hydrogens (tertiary/aromatic N) is 6. The first-order valence-corrected chi connectivity index (χ1v) is 10.1. The summed E-state index contributed by atoms with van der Waals surface area (Å²) < 4.78 is 31.5. The van der Waals surface area contributed by atoms with Gasteiger partial charge in [-0.3, -0.25) is 4.90 Å². The van der Waals surface area contributed by atoms with Gasteiger partial charge in [0.2, 0.25) is 0 Å². The summed E-state index contributed by atoms with van der Waals surface area (Å²) in [5.41, 5.74) is 2.27. The van der Waals surface area contributed by atoms with Gasteiger partial charge in [-0.15, -0.1) is 0 Å². The highest BCUT2D eigenvalue weighted by molar-refractivity contribution is 5.85. The van der Waals surface area contributed by atoms with Gasteiger partial charge in [-0.1, -0.05) is 0 Å². The van der Waals surface area contributed by atoms with Crippen molar-refractivity contribution >= 4 is 11.3 Å². The van der Waals surface area contributed by atoms with Crippen LogP contribution in [0.25, 0.3) is 16.6 Å². The number of ether oxygens (including phenoxy) is 1. The number of hydrogen-bond acceptors (Lipinski definition) is 6. The van der Waals surface area contributed by atoms with Crippen molar-refractivity contribution in [2.45, 2.75) is 32.9 Å². The first-order valence-electron chi connectivity index (χ1n) is 10.1. The molecule has 1 aliphatic heterocycles. The molecule has 3 aromatic heterocycles. The fourth-order valence-electron chi connectivity index (χ4n) is 3.91. The molecule has 31 heavy (non-hydrogen) atoms. The molecule has 7 nitrogen and oxygen atoms in total. The monoisotopic (exact) mass is 426 g/mol. The molecule has 162 valence electrons. The standard InChI is InChI=1S/C22H24F2N6O/c1-22(2,3)29-8-6-28(7-9-29)19-5-4-15(12-26-19)18-10-17(31-21(23)24)14-30-20(18)16(11-25)13-27-30/h4-5,10,12-14,21H,6-9H2,1-3H3. The zero-order valence-electron chi connectivity index (χ0n) is 17.7. The molecule has 0 atom stereocenters. The third-order valence-electron chi connectivity index (χ3n) is 5.54. The third kappa shape index (κ3) is 4.30. The summed E-state index contributed by atoms with van der Waals surface area (Å²) in [6.07, 6.45) is 4.44. The first-order chi connectivity index (χ1) is 14.8. The average molecular weight is 426 g/mol. The molecule has 0 N–H and O–H groups in total. The van der Waals surface area contributed by atoms with E-state index in [1.807, 2.05) is 12.1 Å². The van der Waals surface area contributed by atoms with Crippen molar-refractivity contribution in [2.24, 2.45) is 0 Å². The Kier molecular flexibility index (Phi) is 5.50. The van der Waals surface area contributed by atoms with Crippen LogP contribution < -0.4 is 9.64 Å². The third-order valence-corrected chi connectivity index (χ3v) is 5.54. The van der Waals surface area contributed by atoms with Crippen LogP contribution in [0.3, 0.4) is 0 Å². The topological polar surface area (TPSA) is 69.7 Å². The lowest BCUT2D eigenvalue weighted by Crippen LogP contribution is -2.53. The molecule has 9 heteroatoms. The van der Waals surface area contributed by atoms with Crippen LogP contribution in [-0.2, 0) is 0 Å². The van der Waals surface area contributed by atoms with Crippen molar-refractivity contribution in [1.82, 2.24) is 19.5 Å². The van der Waals surface area contributed by atoms with Gasteiger partial charge in [0.05, 0.1) is 23.5 Å². The number of rotatable bonds is 4. The number of piperazine rings is 1. The fourth-order valence-corrected chi connectivity index (χ4v) is 3.91. The van der Waals surface area contributed by atoms with Gasteiger partial charge in [0.15, 0.2) is 0 Å². The summed E-state index contributed by atoms with van der Waals surface area (Å²) in [4.78, 5) is 9.29. The van der Waals surface area contributed by atoms with Gasteiger partial charge in [0, 0.05) is 49.0 Å². The summed E-state index contributed by atoms with van der Waals surface area (Å²) in [6.45, 7) is 7.38. The zero-order valence-corrected chi connectivity index (χ0v) is 17.7. The number of pyridine rings is 2. The van der Waals surface area contributed by atoms with Crippen LogP contribution in [0.5, 0.6) is 5.75 Å². The molecule has 0 aliphatic carbocycles. The van der Waals surface area contributed by atoms with E-state index < -0.39 is 6.61 Å². The molecule has 1 fully saturated rings. The highest BCUT2D eigenvalue weighted by atomic mass is 19.3. The average Bonchev–Trinajstić information content (AvgIpc) is 3.15. The summed E-state index contributed by atoms with van der Waals surface area (Å²) in [7, 11) is 0. The second-order valence-electron chi connectivity index (χ2n) is 8.48. The van der Waals surface area contributed by atoms with Crippen LogP contribution >= 0.6 is 0 Å². The SMILES string of the molecule is CC(C)(C)N1CCN(c2ccc(-c3cc(OC(F)F)cn4ncc(C#N)c34)cn2)CC1. The minimum absolute atomic E-state index is 0.0348. The second-order valence-corrected chi connectivity index (χ2v) is 8.48. The molecule has 1 saturated heterocycles. The highest BCUT2D eigenvalue weighted by Gasteiger charge is 2.26. The smallest absolute Gasteiger partial charge is 0.387 e. The van der Waals surface area contributed by atoms with E-state index in [1.165, 1.54) is 23.0 Å². The van der Waals surface area contributed by atoms with Crippen LogP contribution in [0.2, 0.25) is 0 Å². The van der Waals surface area contributed by atoms with E-state index in [-0.39, 0.29) is 11.3 Å². The molecule has 0 spiro atoms. The molecule has 0 saturated carbocycles. The maximum Gasteiger partial charge on any atom is 0.387 e. The summed E-state index contributed by atoms with van der Waals surface area (Å²) in [5.74, 6) is 0.829. The first kappa shape index (κ1) is 21.0. The lowest BCUT2D eigenvalue weighted by Gasteiger charge is -2.42. The maximum absolute atomic E-state index is 12.8. The number of fused-ring (bicyclic) bond motifs is 1. The second kappa shape index (κ2) is 8.12. The minimum Gasteiger partial charge on any atom is -0.433 e. The highest BCUT2D eigenvalue weighted by Crippen LogP contribution is 2.32. The molecule has 0 aromatic carbocycles. The predicted molar refractivity (Wildman–Crippen MR) is 113 cm³/mol. The van der Waals surface area contributed by atoms with Crippen molar-refractivity contribution < 1.29 is 13.5 Å². The zero-order chi connectivity index (χ0) is 22.2. The summed E-state index contributed by atoms with van der Waals surface area (Å²) in [5, 5.41) is 13.5. The Morgan fingerprint density at radius 3 is 2.45 bits per heavy atom. The van der Waals surface area contributed by atoms with Crippen LogP contribution in [0.4, 0.5) is 14.6 Å². The maximum atomic E-state index is 12.8. The van der Waals surface area contributed by atoms with Crippen molar-refractivity contribution in [3.8, 4) is 22.9 Å². The Bertz CT molecular complexity index is 1110. The number of nitriles is 1. The molecule has 4 rings (SSSR count). The van der Waals surface area contributed by atoms with Gasteiger partial charge in [0.25, 0.3) is 0 Å². The lowest BCUT2D eigenvalue weighted by molar-refractivity contribution is -0.0501. The van der Waals surface area contributed by atoms with E-state index in [1.54, 1.807) is 6.20 Å². The molecule has 0 amide bonds. The Morgan fingerprint density at radius 2 is 1.87 bits per heavy atom. The van der Waals surface area contributed by atoms with Crippen LogP contribution in [0, 0.1) is 11.3 Å². The quantitative estimate of drug-likeness (QED) is 0.632. The molecule has 0 radical (unpaired) electrons. The number of alkyl halides is 2. The van der Waals surface area contributed by atoms with E-state index in [4.69, 9.17) is 0 Å². The van der Waals surface area contributed by atoms with Gasteiger partial charge < -0.3 is 9.64 Å². The number of anilines is 1. The summed E-state index contributed by atoms with van der Waals surface area (Å²) in [6, 6.07) is 7.38. The molecule has 1 aliphatic rings. The molecule has 4 heterocycles. The largest absolute Gasteiger partial charge is 0.433 e. The molecule has 0 unspecified atom stereocenters. The Hall–Kier alpha value is -3.25. The van der Waals surface area contributed by atoms with E-state index in [0.717, 1.165) is 32.0 Å². The van der Waals surface area contributed by atoms with Crippen LogP contribution in [-0.4, -0.2) is 57.8 Å². The van der Waals surface area contributed by atoms with E-state index in [2.05, 4.69) is 51.5 Å². The van der Waals surface area contributed by atoms with E-state index >= 15 is 0 Å². The van der Waals surface area contributed by atoms with E-state index in [9.17, 15) is 14.0 Å². The summed E-state index contributed by atoms with van der Waals surface area (Å²) >= 11 is 0. The van der Waals surface area contributed by atoms with Gasteiger partial charge in [-0.2, -0.15) is 19.1 Å². The van der Waals surface area contributed by atoms with Crippen molar-refractivity contribution in [2.75, 3.05) is 31.1 Å². The predicted octanol–water partition coefficient (Wildman–Crippen LogP) is 3.79. The molecule has 3 aromatic rings. The van der Waals surface area contributed by atoms with Crippen LogP contribution in [0.15, 0.2) is 36.8 Å². The minimum atomic E-state index is -2.96. The number of aromatic nitrogens is 3. The van der Waals surface area contributed by atoms with Crippen molar-refractivity contribution in [3.63, 3.8) is 0 Å². The lowest BCUT2D eigenvalue weighted by atomic mass is 10.0. The van der Waals surface area contributed by atoms with Gasteiger partial charge in [0.1, 0.15) is 17.6 Å². The van der Waals surface area contributed by atoms with Gasteiger partial charge >= 0.3 is 6.61 Å².